The molecule has 0 aliphatic carbocycles. The predicted molar refractivity (Wildman–Crippen MR) is 76.5 cm³/mol. The fraction of sp³-hybridized carbons (Fsp3) is 0.375. The second-order valence-electron chi connectivity index (χ2n) is 4.94. The summed E-state index contributed by atoms with van der Waals surface area (Å²) in [5.41, 5.74) is 3.54. The van der Waals surface area contributed by atoms with Gasteiger partial charge in [0.25, 0.3) is 0 Å². The second-order valence-corrected chi connectivity index (χ2v) is 4.94. The molecule has 0 aliphatic rings. The monoisotopic (exact) mass is 259 g/mol. The molecular formula is C16H21NO2. The normalized spacial score (nSPS) is 10.7. The molecule has 1 aromatic carbocycles. The smallest absolute Gasteiger partial charge is 0.120 e. The van der Waals surface area contributed by atoms with Crippen LogP contribution in [0.25, 0.3) is 0 Å². The van der Waals surface area contributed by atoms with E-state index in [-0.39, 0.29) is 0 Å². The third kappa shape index (κ3) is 3.61. The third-order valence-electron chi connectivity index (χ3n) is 3.01. The van der Waals surface area contributed by atoms with Crippen molar-refractivity contribution in [3.8, 4) is 5.75 Å². The van der Waals surface area contributed by atoms with Gasteiger partial charge < -0.3 is 14.5 Å². The Hall–Kier alpha value is -1.74. The first-order valence-electron chi connectivity index (χ1n) is 6.52. The summed E-state index contributed by atoms with van der Waals surface area (Å²) in [5, 5.41) is 3.08. The first kappa shape index (κ1) is 13.7. The molecule has 0 saturated carbocycles. The van der Waals surface area contributed by atoms with Crippen LogP contribution in [0.5, 0.6) is 5.75 Å². The summed E-state index contributed by atoms with van der Waals surface area (Å²) in [6, 6.07) is 8.29. The molecule has 0 radical (unpaired) electrons. The van der Waals surface area contributed by atoms with Crippen molar-refractivity contribution in [1.82, 2.24) is 5.32 Å². The van der Waals surface area contributed by atoms with E-state index in [0.29, 0.717) is 6.61 Å². The van der Waals surface area contributed by atoms with Crippen LogP contribution in [0.3, 0.4) is 0 Å². The number of rotatable bonds is 5. The minimum atomic E-state index is 0.544. The van der Waals surface area contributed by atoms with Crippen LogP contribution in [0.2, 0.25) is 0 Å². The Morgan fingerprint density at radius 3 is 2.37 bits per heavy atom. The molecule has 0 saturated heterocycles. The number of furan rings is 1. The molecule has 0 bridgehead atoms. The Morgan fingerprint density at radius 1 is 1.05 bits per heavy atom. The van der Waals surface area contributed by atoms with Crippen LogP contribution in [0.15, 0.2) is 28.7 Å². The summed E-state index contributed by atoms with van der Waals surface area (Å²) in [7, 11) is 1.91. The lowest BCUT2D eigenvalue weighted by Crippen LogP contribution is -2.03. The van der Waals surface area contributed by atoms with Gasteiger partial charge in [0, 0.05) is 5.56 Å². The molecule has 0 amide bonds. The van der Waals surface area contributed by atoms with E-state index in [1.165, 1.54) is 11.1 Å². The molecule has 0 spiro atoms. The van der Waals surface area contributed by atoms with Crippen molar-refractivity contribution < 1.29 is 9.15 Å². The summed E-state index contributed by atoms with van der Waals surface area (Å²) in [6.45, 7) is 7.41. The van der Waals surface area contributed by atoms with Crippen molar-refractivity contribution in [1.29, 1.82) is 0 Å². The standard InChI is InChI=1S/C16H21NO2/c1-11-5-12(2)7-15(6-11)18-10-14-8-16(9-17-4)19-13(14)3/h5-8,17H,9-10H2,1-4H3. The molecule has 2 aromatic rings. The zero-order valence-corrected chi connectivity index (χ0v) is 12.0. The zero-order valence-electron chi connectivity index (χ0n) is 12.0. The van der Waals surface area contributed by atoms with Gasteiger partial charge in [-0.25, -0.2) is 0 Å². The summed E-state index contributed by atoms with van der Waals surface area (Å²) < 4.78 is 11.5. The second kappa shape index (κ2) is 5.93. The van der Waals surface area contributed by atoms with Gasteiger partial charge in [-0.15, -0.1) is 0 Å². The van der Waals surface area contributed by atoms with E-state index in [1.54, 1.807) is 0 Å². The quantitative estimate of drug-likeness (QED) is 0.892. The van der Waals surface area contributed by atoms with E-state index in [9.17, 15) is 0 Å². The van der Waals surface area contributed by atoms with Crippen LogP contribution in [0, 0.1) is 20.8 Å². The lowest BCUT2D eigenvalue weighted by Gasteiger charge is -2.07. The summed E-state index contributed by atoms with van der Waals surface area (Å²) in [6.07, 6.45) is 0. The maximum atomic E-state index is 5.85. The average molecular weight is 259 g/mol. The summed E-state index contributed by atoms with van der Waals surface area (Å²) in [4.78, 5) is 0. The number of hydrogen-bond acceptors (Lipinski definition) is 3. The van der Waals surface area contributed by atoms with Crippen molar-refractivity contribution >= 4 is 0 Å². The fourth-order valence-electron chi connectivity index (χ4n) is 2.17. The number of hydrogen-bond donors (Lipinski definition) is 1. The molecule has 1 heterocycles. The molecular weight excluding hydrogens is 238 g/mol. The van der Waals surface area contributed by atoms with Crippen LogP contribution < -0.4 is 10.1 Å². The van der Waals surface area contributed by atoms with Crippen molar-refractivity contribution in [2.45, 2.75) is 33.9 Å². The van der Waals surface area contributed by atoms with E-state index in [0.717, 1.165) is 29.4 Å². The molecule has 102 valence electrons. The topological polar surface area (TPSA) is 34.4 Å². The van der Waals surface area contributed by atoms with Crippen molar-refractivity contribution in [3.63, 3.8) is 0 Å². The highest BCUT2D eigenvalue weighted by Crippen LogP contribution is 2.20. The Bertz CT molecular complexity index is 538. The molecule has 0 unspecified atom stereocenters. The third-order valence-corrected chi connectivity index (χ3v) is 3.01. The van der Waals surface area contributed by atoms with E-state index in [4.69, 9.17) is 9.15 Å². The first-order valence-corrected chi connectivity index (χ1v) is 6.52. The molecule has 0 fully saturated rings. The Labute approximate surface area is 114 Å². The van der Waals surface area contributed by atoms with Gasteiger partial charge in [0.2, 0.25) is 0 Å². The highest BCUT2D eigenvalue weighted by Gasteiger charge is 2.07. The van der Waals surface area contributed by atoms with Gasteiger partial charge in [-0.2, -0.15) is 0 Å². The van der Waals surface area contributed by atoms with Crippen molar-refractivity contribution in [3.05, 3.63) is 52.5 Å². The van der Waals surface area contributed by atoms with Crippen molar-refractivity contribution in [2.24, 2.45) is 0 Å². The maximum absolute atomic E-state index is 5.85. The molecule has 0 atom stereocenters. The van der Waals surface area contributed by atoms with Crippen LogP contribution >= 0.6 is 0 Å². The molecule has 1 aromatic heterocycles. The first-order chi connectivity index (χ1) is 9.08. The van der Waals surface area contributed by atoms with Gasteiger partial charge in [-0.05, 0) is 57.1 Å². The van der Waals surface area contributed by atoms with Crippen LogP contribution in [0.1, 0.15) is 28.2 Å². The van der Waals surface area contributed by atoms with Gasteiger partial charge in [0.05, 0.1) is 6.54 Å². The number of benzene rings is 1. The average Bonchev–Trinajstić information content (AvgIpc) is 2.66. The van der Waals surface area contributed by atoms with Crippen LogP contribution in [-0.4, -0.2) is 7.05 Å². The molecule has 3 nitrogen and oxygen atoms in total. The highest BCUT2D eigenvalue weighted by molar-refractivity contribution is 5.33. The maximum Gasteiger partial charge on any atom is 0.120 e. The SMILES string of the molecule is CNCc1cc(COc2cc(C)cc(C)c2)c(C)o1. The Balaban J connectivity index is 2.05. The molecule has 0 aliphatic heterocycles. The molecule has 1 N–H and O–H groups in total. The number of ether oxygens (including phenoxy) is 1. The fourth-order valence-corrected chi connectivity index (χ4v) is 2.17. The van der Waals surface area contributed by atoms with Gasteiger partial charge in [-0.3, -0.25) is 0 Å². The minimum absolute atomic E-state index is 0.544. The molecule has 19 heavy (non-hydrogen) atoms. The highest BCUT2D eigenvalue weighted by atomic mass is 16.5. The van der Waals surface area contributed by atoms with E-state index >= 15 is 0 Å². The van der Waals surface area contributed by atoms with E-state index < -0.39 is 0 Å². The van der Waals surface area contributed by atoms with Crippen LogP contribution in [-0.2, 0) is 13.2 Å². The van der Waals surface area contributed by atoms with Gasteiger partial charge in [-0.1, -0.05) is 6.07 Å². The van der Waals surface area contributed by atoms with E-state index in [1.807, 2.05) is 14.0 Å². The minimum Gasteiger partial charge on any atom is -0.489 e. The number of aryl methyl sites for hydroxylation is 3. The molecule has 2 rings (SSSR count). The van der Waals surface area contributed by atoms with Gasteiger partial charge in [0.1, 0.15) is 23.9 Å². The zero-order chi connectivity index (χ0) is 13.8. The molecule has 3 heteroatoms. The lowest BCUT2D eigenvalue weighted by molar-refractivity contribution is 0.302. The van der Waals surface area contributed by atoms with Crippen molar-refractivity contribution in [2.75, 3.05) is 7.05 Å². The number of nitrogens with one attached hydrogen (secondary N) is 1. The Morgan fingerprint density at radius 2 is 1.74 bits per heavy atom. The van der Waals surface area contributed by atoms with Crippen LogP contribution in [0.4, 0.5) is 0 Å². The summed E-state index contributed by atoms with van der Waals surface area (Å²) in [5.74, 6) is 2.78. The van der Waals surface area contributed by atoms with Gasteiger partial charge >= 0.3 is 0 Å². The van der Waals surface area contributed by atoms with E-state index in [2.05, 4.69) is 43.4 Å². The lowest BCUT2D eigenvalue weighted by atomic mass is 10.1. The predicted octanol–water partition coefficient (Wildman–Crippen LogP) is 3.50. The Kier molecular flexibility index (Phi) is 4.27. The largest absolute Gasteiger partial charge is 0.489 e. The van der Waals surface area contributed by atoms with Gasteiger partial charge in [0.15, 0.2) is 0 Å². The summed E-state index contributed by atoms with van der Waals surface area (Å²) >= 11 is 0.